The number of hydrogen-bond acceptors (Lipinski definition) is 3. The second-order valence-corrected chi connectivity index (χ2v) is 3.06. The molecule has 0 aromatic carbocycles. The highest BCUT2D eigenvalue weighted by Crippen LogP contribution is 2.24. The van der Waals surface area contributed by atoms with Gasteiger partial charge in [0.05, 0.1) is 11.9 Å². The van der Waals surface area contributed by atoms with Gasteiger partial charge in [-0.2, -0.15) is 8.78 Å². The van der Waals surface area contributed by atoms with Crippen LogP contribution in [0.1, 0.15) is 0 Å². The fourth-order valence-electron chi connectivity index (χ4n) is 0.929. The number of alkyl halides is 4. The molecule has 1 heterocycles. The van der Waals surface area contributed by atoms with Crippen LogP contribution in [0.5, 0.6) is 0 Å². The summed E-state index contributed by atoms with van der Waals surface area (Å²) in [7, 11) is 1.59. The molecule has 0 aliphatic heterocycles. The van der Waals surface area contributed by atoms with Gasteiger partial charge in [-0.15, -0.1) is 12.4 Å². The molecule has 1 aromatic rings. The Labute approximate surface area is 106 Å². The predicted molar refractivity (Wildman–Crippen MR) is 60.6 cm³/mol. The van der Waals surface area contributed by atoms with Crippen molar-refractivity contribution in [1.29, 1.82) is 0 Å². The van der Waals surface area contributed by atoms with Crippen LogP contribution in [0.25, 0.3) is 0 Å². The standard InChI is InChI=1S/C9H9F4N3O.ClH/c1-14-6-3-2-5(4-15-6)16-8(17)9(12,13)7(10)11;/h2-4,7H,1H3,(H,14,15)(H,16,17);1H. The van der Waals surface area contributed by atoms with E-state index in [0.717, 1.165) is 6.20 Å². The molecule has 0 unspecified atom stereocenters. The molecule has 0 saturated carbocycles. The normalized spacial score (nSPS) is 10.8. The molecule has 0 fully saturated rings. The molecule has 9 heteroatoms. The van der Waals surface area contributed by atoms with Crippen LogP contribution >= 0.6 is 12.4 Å². The quantitative estimate of drug-likeness (QED) is 0.836. The molecule has 1 aromatic heterocycles. The Morgan fingerprint density at radius 2 is 2.00 bits per heavy atom. The molecule has 1 amide bonds. The maximum absolute atomic E-state index is 12.6. The van der Waals surface area contributed by atoms with Gasteiger partial charge in [0.15, 0.2) is 0 Å². The monoisotopic (exact) mass is 287 g/mol. The van der Waals surface area contributed by atoms with Crippen molar-refractivity contribution in [3.63, 3.8) is 0 Å². The molecule has 0 aliphatic carbocycles. The lowest BCUT2D eigenvalue weighted by Crippen LogP contribution is -2.41. The van der Waals surface area contributed by atoms with E-state index in [4.69, 9.17) is 0 Å². The number of nitrogens with one attached hydrogen (secondary N) is 2. The maximum atomic E-state index is 12.6. The highest BCUT2D eigenvalue weighted by Gasteiger charge is 2.48. The molecule has 1 rings (SSSR count). The molecule has 0 saturated heterocycles. The Hall–Kier alpha value is -1.57. The molecular formula is C9H10ClF4N3O. The van der Waals surface area contributed by atoms with Gasteiger partial charge in [0.1, 0.15) is 5.82 Å². The summed E-state index contributed by atoms with van der Waals surface area (Å²) in [6.07, 6.45) is -2.97. The molecule has 0 aliphatic rings. The highest BCUT2D eigenvalue weighted by molar-refractivity contribution is 5.96. The van der Waals surface area contributed by atoms with Crippen molar-refractivity contribution in [2.45, 2.75) is 12.3 Å². The van der Waals surface area contributed by atoms with E-state index in [0.29, 0.717) is 5.82 Å². The smallest absolute Gasteiger partial charge is 0.373 e. The van der Waals surface area contributed by atoms with Gasteiger partial charge in [0.25, 0.3) is 0 Å². The Balaban J connectivity index is 0.00000289. The molecule has 0 radical (unpaired) electrons. The van der Waals surface area contributed by atoms with Crippen LogP contribution < -0.4 is 10.6 Å². The van der Waals surface area contributed by atoms with Gasteiger partial charge in [-0.05, 0) is 12.1 Å². The number of carbonyl (C=O) groups excluding carboxylic acids is 1. The number of pyridine rings is 1. The fourth-order valence-corrected chi connectivity index (χ4v) is 0.929. The third-order valence-corrected chi connectivity index (χ3v) is 1.85. The van der Waals surface area contributed by atoms with Crippen LogP contribution in [-0.2, 0) is 4.79 Å². The SMILES string of the molecule is CNc1ccc(NC(=O)C(F)(F)C(F)F)cn1.Cl. The average molecular weight is 288 g/mol. The van der Waals surface area contributed by atoms with E-state index in [9.17, 15) is 22.4 Å². The Bertz CT molecular complexity index is 399. The predicted octanol–water partition coefficient (Wildman–Crippen LogP) is 2.38. The Morgan fingerprint density at radius 1 is 1.39 bits per heavy atom. The second-order valence-electron chi connectivity index (χ2n) is 3.06. The first-order chi connectivity index (χ1) is 7.87. The van der Waals surface area contributed by atoms with Crippen LogP contribution in [0.4, 0.5) is 29.1 Å². The lowest BCUT2D eigenvalue weighted by Gasteiger charge is -2.14. The van der Waals surface area contributed by atoms with Crippen molar-refractivity contribution in [3.8, 4) is 0 Å². The van der Waals surface area contributed by atoms with Crippen molar-refractivity contribution in [2.24, 2.45) is 0 Å². The summed E-state index contributed by atoms with van der Waals surface area (Å²) >= 11 is 0. The number of hydrogen-bond donors (Lipinski definition) is 2. The molecule has 4 nitrogen and oxygen atoms in total. The van der Waals surface area contributed by atoms with Gasteiger partial charge in [-0.1, -0.05) is 0 Å². The summed E-state index contributed by atoms with van der Waals surface area (Å²) in [6, 6.07) is 2.66. The first-order valence-electron chi connectivity index (χ1n) is 4.49. The highest BCUT2D eigenvalue weighted by atomic mass is 35.5. The van der Waals surface area contributed by atoms with E-state index in [1.807, 2.05) is 0 Å². The van der Waals surface area contributed by atoms with E-state index in [1.54, 1.807) is 12.4 Å². The summed E-state index contributed by atoms with van der Waals surface area (Å²) in [5.74, 6) is -6.34. The van der Waals surface area contributed by atoms with Crippen LogP contribution in [-0.4, -0.2) is 30.3 Å². The van der Waals surface area contributed by atoms with Gasteiger partial charge in [-0.25, -0.2) is 13.8 Å². The third kappa shape index (κ3) is 3.73. The van der Waals surface area contributed by atoms with Crippen molar-refractivity contribution in [2.75, 3.05) is 17.7 Å². The summed E-state index contributed by atoms with van der Waals surface area (Å²) in [4.78, 5) is 14.6. The fraction of sp³-hybridized carbons (Fsp3) is 0.333. The van der Waals surface area contributed by atoms with Gasteiger partial charge in [-0.3, -0.25) is 4.79 Å². The number of anilines is 2. The van der Waals surface area contributed by atoms with E-state index in [1.165, 1.54) is 12.1 Å². The average Bonchev–Trinajstić information content (AvgIpc) is 2.29. The molecule has 102 valence electrons. The first-order valence-corrected chi connectivity index (χ1v) is 4.49. The van der Waals surface area contributed by atoms with Crippen LogP contribution in [0, 0.1) is 0 Å². The third-order valence-electron chi connectivity index (χ3n) is 1.85. The number of amides is 1. The van der Waals surface area contributed by atoms with Gasteiger partial charge >= 0.3 is 18.3 Å². The maximum Gasteiger partial charge on any atom is 0.383 e. The summed E-state index contributed by atoms with van der Waals surface area (Å²) in [6.45, 7) is 0. The van der Waals surface area contributed by atoms with Gasteiger partial charge in [0.2, 0.25) is 0 Å². The van der Waals surface area contributed by atoms with Crippen LogP contribution in [0.15, 0.2) is 18.3 Å². The summed E-state index contributed by atoms with van der Waals surface area (Å²) < 4.78 is 48.8. The largest absolute Gasteiger partial charge is 0.383 e. The topological polar surface area (TPSA) is 54.0 Å². The Kier molecular flexibility index (Phi) is 5.83. The minimum Gasteiger partial charge on any atom is -0.373 e. The molecule has 18 heavy (non-hydrogen) atoms. The zero-order valence-electron chi connectivity index (χ0n) is 9.08. The van der Waals surface area contributed by atoms with E-state index in [-0.39, 0.29) is 18.1 Å². The van der Waals surface area contributed by atoms with Crippen LogP contribution in [0.3, 0.4) is 0 Å². The first kappa shape index (κ1) is 16.4. The van der Waals surface area contributed by atoms with Crippen molar-refractivity contribution >= 4 is 29.8 Å². The number of halogens is 5. The zero-order chi connectivity index (χ0) is 13.1. The second kappa shape index (κ2) is 6.39. The van der Waals surface area contributed by atoms with Gasteiger partial charge in [0, 0.05) is 7.05 Å². The van der Waals surface area contributed by atoms with E-state index < -0.39 is 18.3 Å². The van der Waals surface area contributed by atoms with Crippen LogP contribution in [0.2, 0.25) is 0 Å². The number of rotatable bonds is 4. The zero-order valence-corrected chi connectivity index (χ0v) is 9.90. The summed E-state index contributed by atoms with van der Waals surface area (Å²) in [5, 5.41) is 4.32. The van der Waals surface area contributed by atoms with Crippen molar-refractivity contribution in [3.05, 3.63) is 18.3 Å². The van der Waals surface area contributed by atoms with Crippen molar-refractivity contribution < 1.29 is 22.4 Å². The lowest BCUT2D eigenvalue weighted by atomic mass is 10.3. The molecule has 0 atom stereocenters. The van der Waals surface area contributed by atoms with E-state index in [2.05, 4.69) is 10.3 Å². The van der Waals surface area contributed by atoms with E-state index >= 15 is 0 Å². The minimum atomic E-state index is -4.72. The molecule has 0 bridgehead atoms. The Morgan fingerprint density at radius 3 is 2.39 bits per heavy atom. The lowest BCUT2D eigenvalue weighted by molar-refractivity contribution is -0.163. The molecule has 2 N–H and O–H groups in total. The number of carbonyl (C=O) groups is 1. The molecule has 0 spiro atoms. The van der Waals surface area contributed by atoms with Crippen molar-refractivity contribution in [1.82, 2.24) is 4.98 Å². The minimum absolute atomic E-state index is 0. The number of nitrogens with zero attached hydrogens (tertiary/aromatic N) is 1. The van der Waals surface area contributed by atoms with Gasteiger partial charge < -0.3 is 10.6 Å². The molecular weight excluding hydrogens is 278 g/mol. The number of aromatic nitrogens is 1. The summed E-state index contributed by atoms with van der Waals surface area (Å²) in [5.41, 5.74) is -0.0886.